The van der Waals surface area contributed by atoms with Gasteiger partial charge in [-0.25, -0.2) is 4.79 Å². The molecular formula is C28H34N2O4S. The van der Waals surface area contributed by atoms with Gasteiger partial charge in [0, 0.05) is 41.8 Å². The molecule has 186 valence electrons. The van der Waals surface area contributed by atoms with Crippen LogP contribution in [0.5, 0.6) is 0 Å². The highest BCUT2D eigenvalue weighted by molar-refractivity contribution is 8.00. The summed E-state index contributed by atoms with van der Waals surface area (Å²) in [6.45, 7) is 4.28. The van der Waals surface area contributed by atoms with Gasteiger partial charge in [-0.15, -0.1) is 0 Å². The van der Waals surface area contributed by atoms with E-state index in [9.17, 15) is 14.4 Å². The lowest BCUT2D eigenvalue weighted by Crippen LogP contribution is -2.40. The van der Waals surface area contributed by atoms with Crippen LogP contribution in [0.1, 0.15) is 71.4 Å². The number of thioether (sulfide) groups is 1. The van der Waals surface area contributed by atoms with E-state index >= 15 is 0 Å². The second-order valence-electron chi connectivity index (χ2n) is 9.55. The number of Topliss-reactive ketones (excluding diaryl/α,β-unsaturated/α-hetero) is 2. The molecule has 3 atom stereocenters. The number of carbonyl (C=O) groups excluding carboxylic acids is 3. The monoisotopic (exact) mass is 494 g/mol. The SMILES string of the molecule is CC(=O)c1cccc(CN2C(=O)N(Cc3cccc(C(C)=O)c3)[C@H]3CS[C@@H](CCCCCO)[C@H]32)c1. The van der Waals surface area contributed by atoms with Crippen LogP contribution in [0.15, 0.2) is 48.5 Å². The quantitative estimate of drug-likeness (QED) is 0.272. The van der Waals surface area contributed by atoms with Crippen LogP contribution in [0.25, 0.3) is 0 Å². The van der Waals surface area contributed by atoms with E-state index < -0.39 is 0 Å². The molecule has 2 saturated heterocycles. The first kappa shape index (κ1) is 25.5. The molecule has 2 aromatic rings. The minimum absolute atomic E-state index is 0.0158. The Labute approximate surface area is 211 Å². The summed E-state index contributed by atoms with van der Waals surface area (Å²) in [6, 6.07) is 15.3. The van der Waals surface area contributed by atoms with Crippen molar-refractivity contribution in [2.24, 2.45) is 0 Å². The van der Waals surface area contributed by atoms with Gasteiger partial charge in [-0.1, -0.05) is 49.2 Å². The fourth-order valence-electron chi connectivity index (χ4n) is 5.20. The Kier molecular flexibility index (Phi) is 8.29. The molecule has 7 heteroatoms. The largest absolute Gasteiger partial charge is 0.396 e. The zero-order valence-electron chi connectivity index (χ0n) is 20.5. The number of aliphatic hydroxyl groups excluding tert-OH is 1. The Bertz CT molecular complexity index is 1090. The van der Waals surface area contributed by atoms with Gasteiger partial charge in [-0.05, 0) is 49.9 Å². The Hall–Kier alpha value is -2.64. The fourth-order valence-corrected chi connectivity index (χ4v) is 6.88. The molecule has 0 aromatic heterocycles. The molecule has 0 unspecified atom stereocenters. The number of carbonyl (C=O) groups is 3. The van der Waals surface area contributed by atoms with Crippen LogP contribution >= 0.6 is 11.8 Å². The lowest BCUT2D eigenvalue weighted by atomic mass is 10.00. The van der Waals surface area contributed by atoms with Crippen LogP contribution in [-0.4, -0.2) is 62.2 Å². The summed E-state index contributed by atoms with van der Waals surface area (Å²) >= 11 is 1.93. The maximum absolute atomic E-state index is 13.8. The Morgan fingerprint density at radius 3 is 2.09 bits per heavy atom. The third-order valence-electron chi connectivity index (χ3n) is 7.03. The third-order valence-corrected chi connectivity index (χ3v) is 8.50. The zero-order chi connectivity index (χ0) is 24.9. The summed E-state index contributed by atoms with van der Waals surface area (Å²) in [4.78, 5) is 41.5. The number of aliphatic hydroxyl groups is 1. The van der Waals surface area contributed by atoms with E-state index in [4.69, 9.17) is 5.11 Å². The van der Waals surface area contributed by atoms with Gasteiger partial charge in [0.25, 0.3) is 0 Å². The summed E-state index contributed by atoms with van der Waals surface area (Å²) < 4.78 is 0. The van der Waals surface area contributed by atoms with Gasteiger partial charge in [0.2, 0.25) is 0 Å². The fraction of sp³-hybridized carbons (Fsp3) is 0.464. The second kappa shape index (κ2) is 11.4. The van der Waals surface area contributed by atoms with E-state index in [1.54, 1.807) is 13.8 Å². The zero-order valence-corrected chi connectivity index (χ0v) is 21.3. The topological polar surface area (TPSA) is 77.9 Å². The van der Waals surface area contributed by atoms with Gasteiger partial charge in [0.1, 0.15) is 0 Å². The molecule has 35 heavy (non-hydrogen) atoms. The van der Waals surface area contributed by atoms with Crippen LogP contribution in [0, 0.1) is 0 Å². The molecule has 4 rings (SSSR count). The van der Waals surface area contributed by atoms with Crippen LogP contribution in [-0.2, 0) is 13.1 Å². The highest BCUT2D eigenvalue weighted by Gasteiger charge is 2.52. The molecule has 2 fully saturated rings. The minimum Gasteiger partial charge on any atom is -0.396 e. The predicted octanol–water partition coefficient (Wildman–Crippen LogP) is 4.93. The maximum atomic E-state index is 13.8. The molecule has 0 spiro atoms. The highest BCUT2D eigenvalue weighted by atomic mass is 32.2. The molecule has 0 bridgehead atoms. The number of hydrogen-bond donors (Lipinski definition) is 1. The van der Waals surface area contributed by atoms with Crippen molar-refractivity contribution < 1.29 is 19.5 Å². The van der Waals surface area contributed by atoms with Crippen LogP contribution in [0.3, 0.4) is 0 Å². The average Bonchev–Trinajstić information content (AvgIpc) is 3.36. The number of rotatable bonds is 11. The van der Waals surface area contributed by atoms with Crippen LogP contribution in [0.4, 0.5) is 4.79 Å². The van der Waals surface area contributed by atoms with E-state index in [2.05, 4.69) is 0 Å². The molecule has 2 aliphatic heterocycles. The van der Waals surface area contributed by atoms with Crippen molar-refractivity contribution in [2.75, 3.05) is 12.4 Å². The van der Waals surface area contributed by atoms with Crippen molar-refractivity contribution in [3.05, 3.63) is 70.8 Å². The van der Waals surface area contributed by atoms with Crippen molar-refractivity contribution in [3.63, 3.8) is 0 Å². The molecule has 0 aliphatic carbocycles. The van der Waals surface area contributed by atoms with Crippen molar-refractivity contribution in [1.82, 2.24) is 9.80 Å². The minimum atomic E-state index is 0.0158. The number of nitrogens with zero attached hydrogens (tertiary/aromatic N) is 2. The van der Waals surface area contributed by atoms with Crippen LogP contribution in [0.2, 0.25) is 0 Å². The number of amides is 2. The molecule has 2 aromatic carbocycles. The third kappa shape index (κ3) is 5.78. The molecule has 2 aliphatic rings. The average molecular weight is 495 g/mol. The van der Waals surface area contributed by atoms with E-state index in [-0.39, 0.29) is 36.3 Å². The summed E-state index contributed by atoms with van der Waals surface area (Å²) in [5, 5.41) is 9.47. The smallest absolute Gasteiger partial charge is 0.321 e. The van der Waals surface area contributed by atoms with Crippen molar-refractivity contribution in [3.8, 4) is 0 Å². The Morgan fingerprint density at radius 1 is 0.914 bits per heavy atom. The molecule has 6 nitrogen and oxygen atoms in total. The molecular weight excluding hydrogens is 460 g/mol. The number of ketones is 2. The van der Waals surface area contributed by atoms with E-state index in [1.165, 1.54) is 0 Å². The molecule has 2 amide bonds. The van der Waals surface area contributed by atoms with Crippen molar-refractivity contribution in [2.45, 2.75) is 70.0 Å². The first-order valence-corrected chi connectivity index (χ1v) is 13.4. The molecule has 0 saturated carbocycles. The van der Waals surface area contributed by atoms with Crippen molar-refractivity contribution in [1.29, 1.82) is 0 Å². The van der Waals surface area contributed by atoms with E-state index in [0.29, 0.717) is 29.5 Å². The lowest BCUT2D eigenvalue weighted by Gasteiger charge is -2.27. The van der Waals surface area contributed by atoms with Gasteiger partial charge in [-0.3, -0.25) is 9.59 Å². The predicted molar refractivity (Wildman–Crippen MR) is 139 cm³/mol. The number of fused-ring (bicyclic) bond motifs is 1. The summed E-state index contributed by atoms with van der Waals surface area (Å²) in [6.07, 6.45) is 3.84. The molecule has 2 heterocycles. The van der Waals surface area contributed by atoms with Gasteiger partial charge >= 0.3 is 6.03 Å². The lowest BCUT2D eigenvalue weighted by molar-refractivity contribution is 0.100. The highest BCUT2D eigenvalue weighted by Crippen LogP contribution is 2.42. The maximum Gasteiger partial charge on any atom is 0.321 e. The van der Waals surface area contributed by atoms with Gasteiger partial charge < -0.3 is 14.9 Å². The number of urea groups is 1. The summed E-state index contributed by atoms with van der Waals surface area (Å²) in [5.74, 6) is 0.920. The Morgan fingerprint density at radius 2 is 1.51 bits per heavy atom. The summed E-state index contributed by atoms with van der Waals surface area (Å²) in [5.41, 5.74) is 3.24. The first-order chi connectivity index (χ1) is 16.9. The van der Waals surface area contributed by atoms with E-state index in [1.807, 2.05) is 70.1 Å². The molecule has 1 N–H and O–H groups in total. The first-order valence-electron chi connectivity index (χ1n) is 12.4. The van der Waals surface area contributed by atoms with Crippen LogP contribution < -0.4 is 0 Å². The normalized spacial score (nSPS) is 21.5. The van der Waals surface area contributed by atoms with E-state index in [0.717, 1.165) is 42.6 Å². The van der Waals surface area contributed by atoms with Crippen molar-refractivity contribution >= 4 is 29.4 Å². The summed E-state index contributed by atoms with van der Waals surface area (Å²) in [7, 11) is 0. The number of unbranched alkanes of at least 4 members (excludes halogenated alkanes) is 2. The number of benzene rings is 2. The van der Waals surface area contributed by atoms with Gasteiger partial charge in [-0.2, -0.15) is 11.8 Å². The van der Waals surface area contributed by atoms with Gasteiger partial charge in [0.05, 0.1) is 12.1 Å². The standard InChI is InChI=1S/C28H34N2O4S/c1-19(32)23-10-6-8-21(14-23)16-29-25-18-35-26(12-4-3-5-13-31)27(25)30(28(29)34)17-22-9-7-11-24(15-22)20(2)33/h6-11,14-15,25-27,31H,3-5,12-13,16-18H2,1-2H3/t25-,26-,27-/m0/s1. The number of hydrogen-bond acceptors (Lipinski definition) is 5. The van der Waals surface area contributed by atoms with Gasteiger partial charge in [0.15, 0.2) is 11.6 Å². The second-order valence-corrected chi connectivity index (χ2v) is 10.8. The molecule has 0 radical (unpaired) electrons. The Balaban J connectivity index is 1.58.